The lowest BCUT2D eigenvalue weighted by atomic mass is 10.0. The van der Waals surface area contributed by atoms with Crippen molar-refractivity contribution in [2.45, 2.75) is 46.9 Å². The number of nitrogens with one attached hydrogen (secondary N) is 2. The molecule has 0 saturated carbocycles. The topological polar surface area (TPSA) is 72.8 Å². The first-order valence-corrected chi connectivity index (χ1v) is 9.42. The van der Waals surface area contributed by atoms with Crippen LogP contribution in [0.3, 0.4) is 0 Å². The molecule has 0 fully saturated rings. The van der Waals surface area contributed by atoms with Crippen LogP contribution in [-0.4, -0.2) is 43.0 Å². The molecule has 0 aliphatic heterocycles. The second-order valence-corrected chi connectivity index (χ2v) is 6.98. The van der Waals surface area contributed by atoms with Gasteiger partial charge in [-0.25, -0.2) is 4.79 Å². The summed E-state index contributed by atoms with van der Waals surface area (Å²) in [6.07, 6.45) is 0. The van der Waals surface area contributed by atoms with Gasteiger partial charge in [-0.1, -0.05) is 0 Å². The number of aromatic nitrogens is 1. The van der Waals surface area contributed by atoms with E-state index in [4.69, 9.17) is 4.74 Å². The molecule has 1 aromatic heterocycles. The van der Waals surface area contributed by atoms with E-state index in [0.29, 0.717) is 29.1 Å². The quantitative estimate of drug-likeness (QED) is 0.493. The van der Waals surface area contributed by atoms with Crippen molar-refractivity contribution in [2.75, 3.05) is 13.7 Å². The predicted octanol–water partition coefficient (Wildman–Crippen LogP) is 2.70. The Morgan fingerprint density at radius 2 is 1.79 bits per heavy atom. The molecule has 0 aliphatic rings. The van der Waals surface area contributed by atoms with Crippen LogP contribution in [0.4, 0.5) is 8.78 Å². The van der Waals surface area contributed by atoms with Crippen LogP contribution in [-0.2, 0) is 11.3 Å². The molecule has 0 aliphatic carbocycles. The lowest BCUT2D eigenvalue weighted by molar-refractivity contribution is -0.907. The normalized spacial score (nSPS) is 13.2. The number of likely N-dealkylation sites (N-methyl/N-ethyl adjacent to an activating group) is 1. The number of ketones is 1. The second kappa shape index (κ2) is 9.65. The van der Waals surface area contributed by atoms with Crippen LogP contribution in [0.1, 0.15) is 51.5 Å². The minimum absolute atomic E-state index is 0.0921. The molecule has 2 aromatic rings. The standard InChI is InChI=1S/C21H26F2N2O4/c1-6-28-20(27)17-12(2)18(24-13(17)3)19(26)14(4)25(5)11-15-7-9-16(10-8-15)29-21(22)23/h7-10,14,21,24H,6,11H2,1-5H3/p+1/t14-/m0/s1. The third-order valence-corrected chi connectivity index (χ3v) is 4.93. The molecule has 0 bridgehead atoms. The zero-order chi connectivity index (χ0) is 21.7. The summed E-state index contributed by atoms with van der Waals surface area (Å²) in [5.74, 6) is -0.469. The van der Waals surface area contributed by atoms with E-state index in [0.717, 1.165) is 10.5 Å². The summed E-state index contributed by atoms with van der Waals surface area (Å²) in [4.78, 5) is 29.1. The molecule has 158 valence electrons. The van der Waals surface area contributed by atoms with Crippen LogP contribution in [0.25, 0.3) is 0 Å². The van der Waals surface area contributed by atoms with Crippen molar-refractivity contribution >= 4 is 11.8 Å². The number of Topliss-reactive ketones (excluding diaryl/α,β-unsaturated/α-hetero) is 1. The number of hydrogen-bond donors (Lipinski definition) is 2. The van der Waals surface area contributed by atoms with Crippen LogP contribution < -0.4 is 9.64 Å². The Hall–Kier alpha value is -2.74. The lowest BCUT2D eigenvalue weighted by Crippen LogP contribution is -3.12. The number of alkyl halides is 2. The average molecular weight is 409 g/mol. The van der Waals surface area contributed by atoms with E-state index < -0.39 is 18.6 Å². The van der Waals surface area contributed by atoms with Crippen molar-refractivity contribution in [3.63, 3.8) is 0 Å². The first-order chi connectivity index (χ1) is 13.6. The van der Waals surface area contributed by atoms with Crippen molar-refractivity contribution in [1.29, 1.82) is 0 Å². The number of aromatic amines is 1. The highest BCUT2D eigenvalue weighted by molar-refractivity contribution is 6.03. The molecule has 1 aromatic carbocycles. The predicted molar refractivity (Wildman–Crippen MR) is 104 cm³/mol. The van der Waals surface area contributed by atoms with Gasteiger partial charge in [0, 0.05) is 11.3 Å². The Labute approximate surface area is 168 Å². The zero-order valence-corrected chi connectivity index (χ0v) is 17.3. The molecular weight excluding hydrogens is 382 g/mol. The number of carbonyl (C=O) groups is 2. The van der Waals surface area contributed by atoms with Crippen LogP contribution in [0.2, 0.25) is 0 Å². The Kier molecular flexibility index (Phi) is 7.50. The third kappa shape index (κ3) is 5.41. The van der Waals surface area contributed by atoms with Crippen molar-refractivity contribution in [3.8, 4) is 5.75 Å². The van der Waals surface area contributed by atoms with E-state index >= 15 is 0 Å². The number of esters is 1. The summed E-state index contributed by atoms with van der Waals surface area (Å²) in [5, 5.41) is 0. The molecule has 6 nitrogen and oxygen atoms in total. The van der Waals surface area contributed by atoms with Gasteiger partial charge >= 0.3 is 12.6 Å². The van der Waals surface area contributed by atoms with Gasteiger partial charge in [0.05, 0.1) is 24.9 Å². The van der Waals surface area contributed by atoms with Crippen LogP contribution >= 0.6 is 0 Å². The molecule has 8 heteroatoms. The lowest BCUT2D eigenvalue weighted by Gasteiger charge is -2.21. The van der Waals surface area contributed by atoms with Crippen LogP contribution in [0, 0.1) is 13.8 Å². The maximum atomic E-state index is 13.0. The minimum atomic E-state index is -2.86. The third-order valence-electron chi connectivity index (χ3n) is 4.93. The van der Waals surface area contributed by atoms with Gasteiger partial charge in [0.25, 0.3) is 0 Å². The van der Waals surface area contributed by atoms with E-state index in [1.807, 2.05) is 14.0 Å². The first kappa shape index (κ1) is 22.5. The van der Waals surface area contributed by atoms with E-state index in [1.54, 1.807) is 32.9 Å². The molecule has 2 atom stereocenters. The molecule has 0 amide bonds. The molecule has 2 rings (SSSR count). The van der Waals surface area contributed by atoms with Crippen molar-refractivity contribution in [3.05, 3.63) is 52.3 Å². The van der Waals surface area contributed by atoms with Crippen molar-refractivity contribution in [1.82, 2.24) is 4.98 Å². The molecule has 0 radical (unpaired) electrons. The number of hydrogen-bond acceptors (Lipinski definition) is 4. The molecule has 1 heterocycles. The van der Waals surface area contributed by atoms with Crippen LogP contribution in [0.15, 0.2) is 24.3 Å². The number of ether oxygens (including phenoxy) is 2. The second-order valence-electron chi connectivity index (χ2n) is 6.98. The summed E-state index contributed by atoms with van der Waals surface area (Å²) in [7, 11) is 1.88. The number of halogens is 2. The highest BCUT2D eigenvalue weighted by Crippen LogP contribution is 2.20. The summed E-state index contributed by atoms with van der Waals surface area (Å²) < 4.78 is 33.9. The summed E-state index contributed by atoms with van der Waals surface area (Å²) in [5.41, 5.74) is 2.87. The highest BCUT2D eigenvalue weighted by atomic mass is 19.3. The molecule has 29 heavy (non-hydrogen) atoms. The molecule has 2 N–H and O–H groups in total. The fourth-order valence-electron chi connectivity index (χ4n) is 3.21. The van der Waals surface area contributed by atoms with Crippen molar-refractivity contribution in [2.24, 2.45) is 0 Å². The summed E-state index contributed by atoms with van der Waals surface area (Å²) >= 11 is 0. The minimum Gasteiger partial charge on any atom is -0.462 e. The summed E-state index contributed by atoms with van der Waals surface area (Å²) in [6.45, 7) is 4.92. The molecule has 1 unspecified atom stereocenters. The number of benzene rings is 1. The summed E-state index contributed by atoms with van der Waals surface area (Å²) in [6, 6.07) is 5.96. The van der Waals surface area contributed by atoms with Gasteiger partial charge in [-0.15, -0.1) is 0 Å². The number of quaternary nitrogens is 1. The SMILES string of the molecule is CCOC(=O)c1c(C)[nH]c(C(=O)[C@H](C)[NH+](C)Cc2ccc(OC(F)F)cc2)c1C. The van der Waals surface area contributed by atoms with E-state index in [2.05, 4.69) is 9.72 Å². The Balaban J connectivity index is 2.11. The Morgan fingerprint density at radius 1 is 1.17 bits per heavy atom. The molecule has 0 saturated heterocycles. The largest absolute Gasteiger partial charge is 0.462 e. The number of carbonyl (C=O) groups excluding carboxylic acids is 2. The van der Waals surface area contributed by atoms with E-state index in [1.165, 1.54) is 12.1 Å². The van der Waals surface area contributed by atoms with Gasteiger partial charge in [-0.2, -0.15) is 8.78 Å². The maximum absolute atomic E-state index is 13.0. The molecular formula is C21H27F2N2O4+. The van der Waals surface area contributed by atoms with Crippen LogP contribution in [0.5, 0.6) is 5.75 Å². The van der Waals surface area contributed by atoms with Crippen molar-refractivity contribution < 1.29 is 32.7 Å². The fourth-order valence-corrected chi connectivity index (χ4v) is 3.21. The van der Waals surface area contributed by atoms with Gasteiger partial charge < -0.3 is 19.4 Å². The fraction of sp³-hybridized carbons (Fsp3) is 0.429. The Morgan fingerprint density at radius 3 is 2.34 bits per heavy atom. The molecule has 0 spiro atoms. The van der Waals surface area contributed by atoms with Gasteiger partial charge in [0.1, 0.15) is 12.3 Å². The van der Waals surface area contributed by atoms with Gasteiger partial charge in [0.15, 0.2) is 6.04 Å². The Bertz CT molecular complexity index is 862. The first-order valence-electron chi connectivity index (χ1n) is 9.42. The van der Waals surface area contributed by atoms with Gasteiger partial charge in [-0.05, 0) is 57.5 Å². The van der Waals surface area contributed by atoms with Gasteiger partial charge in [-0.3, -0.25) is 4.79 Å². The highest BCUT2D eigenvalue weighted by Gasteiger charge is 2.29. The number of aryl methyl sites for hydroxylation is 1. The zero-order valence-electron chi connectivity index (χ0n) is 17.3. The van der Waals surface area contributed by atoms with Gasteiger partial charge in [0.2, 0.25) is 5.78 Å². The van der Waals surface area contributed by atoms with E-state index in [-0.39, 0.29) is 18.1 Å². The van der Waals surface area contributed by atoms with E-state index in [9.17, 15) is 18.4 Å². The monoisotopic (exact) mass is 409 g/mol. The number of rotatable bonds is 9. The average Bonchev–Trinajstić information content (AvgIpc) is 2.96. The smallest absolute Gasteiger partial charge is 0.387 e. The number of H-pyrrole nitrogens is 1. The maximum Gasteiger partial charge on any atom is 0.387 e.